The van der Waals surface area contributed by atoms with E-state index in [9.17, 15) is 4.79 Å². The summed E-state index contributed by atoms with van der Waals surface area (Å²) >= 11 is 0. The maximum atomic E-state index is 12.7. The van der Waals surface area contributed by atoms with Crippen LogP contribution < -0.4 is 0 Å². The zero-order chi connectivity index (χ0) is 17.9. The Morgan fingerprint density at radius 1 is 1.08 bits per heavy atom. The van der Waals surface area contributed by atoms with Crippen LogP contribution in [0.1, 0.15) is 40.4 Å². The van der Waals surface area contributed by atoms with Crippen molar-refractivity contribution in [2.45, 2.75) is 25.7 Å². The maximum absolute atomic E-state index is 12.7. The number of rotatable bonds is 3. The Kier molecular flexibility index (Phi) is 4.43. The second-order valence-electron chi connectivity index (χ2n) is 6.54. The van der Waals surface area contributed by atoms with Gasteiger partial charge in [0.2, 0.25) is 0 Å². The molecule has 0 aliphatic carbocycles. The molecule has 0 saturated carbocycles. The first-order chi connectivity index (χ1) is 12.7. The van der Waals surface area contributed by atoms with Crippen LogP contribution in [0.2, 0.25) is 0 Å². The number of pyridine rings is 2. The molecule has 0 N–H and O–H groups in total. The van der Waals surface area contributed by atoms with Crippen LogP contribution in [0.4, 0.5) is 0 Å². The maximum Gasteiger partial charge on any atom is 0.255 e. The van der Waals surface area contributed by atoms with Crippen molar-refractivity contribution < 1.29 is 4.79 Å². The van der Waals surface area contributed by atoms with Crippen molar-refractivity contribution in [3.05, 3.63) is 66.1 Å². The molecular formula is C19H20N6O. The lowest BCUT2D eigenvalue weighted by Gasteiger charge is -2.32. The summed E-state index contributed by atoms with van der Waals surface area (Å²) in [5.41, 5.74) is 2.90. The van der Waals surface area contributed by atoms with Gasteiger partial charge >= 0.3 is 0 Å². The van der Waals surface area contributed by atoms with Crippen molar-refractivity contribution >= 4 is 5.91 Å². The summed E-state index contributed by atoms with van der Waals surface area (Å²) in [6, 6.07) is 7.78. The number of piperidine rings is 1. The summed E-state index contributed by atoms with van der Waals surface area (Å²) in [6.45, 7) is 3.50. The minimum Gasteiger partial charge on any atom is -0.339 e. The van der Waals surface area contributed by atoms with E-state index in [1.165, 1.54) is 11.9 Å². The lowest BCUT2D eigenvalue weighted by molar-refractivity contribution is 0.0712. The van der Waals surface area contributed by atoms with Gasteiger partial charge in [0.1, 0.15) is 12.7 Å². The number of carbonyl (C=O) groups is 1. The lowest BCUT2D eigenvalue weighted by Crippen LogP contribution is -2.38. The van der Waals surface area contributed by atoms with Crippen LogP contribution in [0.25, 0.3) is 5.82 Å². The summed E-state index contributed by atoms with van der Waals surface area (Å²) in [5, 5.41) is 4.04. The molecule has 1 amide bonds. The predicted molar refractivity (Wildman–Crippen MR) is 96.0 cm³/mol. The van der Waals surface area contributed by atoms with Crippen molar-refractivity contribution in [2.24, 2.45) is 0 Å². The molecule has 26 heavy (non-hydrogen) atoms. The SMILES string of the molecule is Cc1ccc(C2CCN(C(=O)c3ccc(-n4cncn4)nc3)CC2)cn1. The Balaban J connectivity index is 1.39. The van der Waals surface area contributed by atoms with Crippen molar-refractivity contribution in [3.8, 4) is 5.82 Å². The van der Waals surface area contributed by atoms with E-state index < -0.39 is 0 Å². The molecule has 0 unspecified atom stereocenters. The van der Waals surface area contributed by atoms with E-state index in [-0.39, 0.29) is 5.91 Å². The van der Waals surface area contributed by atoms with Gasteiger partial charge in [-0.1, -0.05) is 6.07 Å². The van der Waals surface area contributed by atoms with Gasteiger partial charge in [0.15, 0.2) is 5.82 Å². The Hall–Kier alpha value is -3.09. The summed E-state index contributed by atoms with van der Waals surface area (Å²) < 4.78 is 1.56. The van der Waals surface area contributed by atoms with Gasteiger partial charge in [0.05, 0.1) is 5.56 Å². The normalized spacial score (nSPS) is 15.2. The van der Waals surface area contributed by atoms with Crippen LogP contribution in [0, 0.1) is 6.92 Å². The molecule has 4 rings (SSSR count). The van der Waals surface area contributed by atoms with E-state index in [0.29, 0.717) is 17.3 Å². The summed E-state index contributed by atoms with van der Waals surface area (Å²) in [6.07, 6.45) is 8.52. The van der Waals surface area contributed by atoms with Crippen LogP contribution in [0.15, 0.2) is 49.3 Å². The molecule has 1 fully saturated rings. The van der Waals surface area contributed by atoms with Crippen molar-refractivity contribution in [2.75, 3.05) is 13.1 Å². The molecule has 1 aliphatic rings. The molecule has 0 aromatic carbocycles. The van der Waals surface area contributed by atoms with Gasteiger partial charge in [-0.15, -0.1) is 0 Å². The zero-order valence-electron chi connectivity index (χ0n) is 14.6. The highest BCUT2D eigenvalue weighted by molar-refractivity contribution is 5.94. The number of carbonyl (C=O) groups excluding carboxylic acids is 1. The topological polar surface area (TPSA) is 76.8 Å². The molecule has 0 bridgehead atoms. The van der Waals surface area contributed by atoms with Crippen molar-refractivity contribution in [1.29, 1.82) is 0 Å². The van der Waals surface area contributed by atoms with E-state index in [1.807, 2.05) is 18.0 Å². The molecule has 1 aliphatic heterocycles. The van der Waals surface area contributed by atoms with Crippen LogP contribution in [0.3, 0.4) is 0 Å². The van der Waals surface area contributed by atoms with E-state index >= 15 is 0 Å². The van der Waals surface area contributed by atoms with Crippen molar-refractivity contribution in [3.63, 3.8) is 0 Å². The van der Waals surface area contributed by atoms with E-state index in [1.54, 1.807) is 29.3 Å². The molecule has 7 nitrogen and oxygen atoms in total. The molecule has 0 atom stereocenters. The van der Waals surface area contributed by atoms with Gasteiger partial charge in [-0.25, -0.2) is 14.6 Å². The standard InChI is InChI=1S/C19H20N6O/c1-14-2-3-16(10-21-14)15-6-8-24(9-7-15)19(26)17-4-5-18(22-11-17)25-13-20-12-23-25/h2-5,10-13,15H,6-9H2,1H3. The second-order valence-corrected chi connectivity index (χ2v) is 6.54. The number of amides is 1. The number of nitrogens with zero attached hydrogens (tertiary/aromatic N) is 6. The quantitative estimate of drug-likeness (QED) is 0.726. The highest BCUT2D eigenvalue weighted by Gasteiger charge is 2.25. The first-order valence-corrected chi connectivity index (χ1v) is 8.73. The number of aromatic nitrogens is 5. The third-order valence-corrected chi connectivity index (χ3v) is 4.84. The zero-order valence-corrected chi connectivity index (χ0v) is 14.6. The number of hydrogen-bond donors (Lipinski definition) is 0. The Morgan fingerprint density at radius 2 is 1.92 bits per heavy atom. The average molecular weight is 348 g/mol. The third-order valence-electron chi connectivity index (χ3n) is 4.84. The highest BCUT2D eigenvalue weighted by atomic mass is 16.2. The van der Waals surface area contributed by atoms with Crippen LogP contribution in [-0.2, 0) is 0 Å². The second kappa shape index (κ2) is 7.03. The average Bonchev–Trinajstić information content (AvgIpc) is 3.23. The Bertz CT molecular complexity index is 865. The minimum atomic E-state index is 0.0307. The van der Waals surface area contributed by atoms with E-state index in [0.717, 1.165) is 31.6 Å². The summed E-state index contributed by atoms with van der Waals surface area (Å²) in [4.78, 5) is 27.2. The predicted octanol–water partition coefficient (Wildman–Crippen LogP) is 2.39. The molecular weight excluding hydrogens is 328 g/mol. The van der Waals surface area contributed by atoms with Crippen LogP contribution >= 0.6 is 0 Å². The molecule has 0 spiro atoms. The monoisotopic (exact) mass is 348 g/mol. The van der Waals surface area contributed by atoms with Crippen molar-refractivity contribution in [1.82, 2.24) is 29.6 Å². The van der Waals surface area contributed by atoms with Gasteiger partial charge in [-0.3, -0.25) is 9.78 Å². The number of hydrogen-bond acceptors (Lipinski definition) is 5. The molecule has 1 saturated heterocycles. The van der Waals surface area contributed by atoms with Gasteiger partial charge in [0.25, 0.3) is 5.91 Å². The Morgan fingerprint density at radius 3 is 2.54 bits per heavy atom. The smallest absolute Gasteiger partial charge is 0.255 e. The first kappa shape index (κ1) is 16.4. The van der Waals surface area contributed by atoms with Gasteiger partial charge < -0.3 is 4.90 Å². The molecule has 7 heteroatoms. The van der Waals surface area contributed by atoms with E-state index in [4.69, 9.17) is 0 Å². The third kappa shape index (κ3) is 3.33. The number of aryl methyl sites for hydroxylation is 1. The molecule has 132 valence electrons. The minimum absolute atomic E-state index is 0.0307. The fourth-order valence-electron chi connectivity index (χ4n) is 3.29. The largest absolute Gasteiger partial charge is 0.339 e. The highest BCUT2D eigenvalue weighted by Crippen LogP contribution is 2.28. The molecule has 3 aromatic heterocycles. The Labute approximate surface area is 151 Å². The van der Waals surface area contributed by atoms with Crippen LogP contribution in [-0.4, -0.2) is 48.6 Å². The molecule has 0 radical (unpaired) electrons. The summed E-state index contributed by atoms with van der Waals surface area (Å²) in [5.74, 6) is 1.15. The summed E-state index contributed by atoms with van der Waals surface area (Å²) in [7, 11) is 0. The van der Waals surface area contributed by atoms with Gasteiger partial charge in [0, 0.05) is 31.2 Å². The van der Waals surface area contributed by atoms with Gasteiger partial charge in [-0.05, 0) is 49.4 Å². The first-order valence-electron chi connectivity index (χ1n) is 8.73. The van der Waals surface area contributed by atoms with Gasteiger partial charge in [-0.2, -0.15) is 5.10 Å². The fraction of sp³-hybridized carbons (Fsp3) is 0.316. The lowest BCUT2D eigenvalue weighted by atomic mass is 9.90. The fourth-order valence-corrected chi connectivity index (χ4v) is 3.29. The number of likely N-dealkylation sites (tertiary alicyclic amines) is 1. The molecule has 4 heterocycles. The molecule has 3 aromatic rings. The van der Waals surface area contributed by atoms with Crippen LogP contribution in [0.5, 0.6) is 0 Å². The van der Waals surface area contributed by atoms with E-state index in [2.05, 4.69) is 32.2 Å².